The molecule has 140 valence electrons. The predicted octanol–water partition coefficient (Wildman–Crippen LogP) is 2.76. The average molecular weight is 382 g/mol. The van der Waals surface area contributed by atoms with E-state index in [0.29, 0.717) is 29.0 Å². The number of amides is 1. The minimum atomic E-state index is -0.715. The van der Waals surface area contributed by atoms with E-state index in [-0.39, 0.29) is 17.4 Å². The fourth-order valence-corrected chi connectivity index (χ4v) is 5.24. The van der Waals surface area contributed by atoms with Crippen molar-refractivity contribution >= 4 is 28.5 Å². The number of hydrogen-bond donors (Lipinski definition) is 2. The van der Waals surface area contributed by atoms with Gasteiger partial charge in [-0.05, 0) is 12.8 Å². The summed E-state index contributed by atoms with van der Waals surface area (Å²) in [5.41, 5.74) is 12.1. The first kappa shape index (κ1) is 19.2. The molecule has 1 aromatic rings. The van der Waals surface area contributed by atoms with E-state index >= 15 is 0 Å². The number of rotatable bonds is 4. The molecule has 1 aliphatic carbocycles. The molecule has 1 amide bonds. The lowest BCUT2D eigenvalue weighted by atomic mass is 9.61. The van der Waals surface area contributed by atoms with Gasteiger partial charge in [-0.3, -0.25) is 9.59 Å². The molecule has 6 nitrogen and oxygen atoms in total. The van der Waals surface area contributed by atoms with Crippen LogP contribution >= 0.6 is 11.8 Å². The van der Waals surface area contributed by atoms with Crippen LogP contribution in [-0.2, 0) is 4.79 Å². The summed E-state index contributed by atoms with van der Waals surface area (Å²) in [6.07, 6.45) is 4.22. The van der Waals surface area contributed by atoms with Gasteiger partial charge in [-0.2, -0.15) is 5.26 Å². The molecule has 27 heavy (non-hydrogen) atoms. The second-order valence-electron chi connectivity index (χ2n) is 6.95. The molecular formula is C20H22N4O2S. The number of benzene rings is 1. The van der Waals surface area contributed by atoms with Gasteiger partial charge >= 0.3 is 0 Å². The van der Waals surface area contributed by atoms with E-state index < -0.39 is 17.2 Å². The Bertz CT molecular complexity index is 848. The standard InChI is InChI=1S/C20H22N4O2S/c21-11-14-17(22)24-19(27-12-15(25)13-7-3-1-4-8-13)16(18(23)26)20(14)9-5-2-6-10-20/h1,3-4,7-8,16H,2,5-6,9-10,12,22H2,(H2,23,26). The number of Topliss-reactive ketones (excluding diaryl/α,β-unsaturated/α-hetero) is 1. The Hall–Kier alpha value is -2.59. The van der Waals surface area contributed by atoms with Crippen molar-refractivity contribution in [3.8, 4) is 6.07 Å². The van der Waals surface area contributed by atoms with Gasteiger partial charge in [0.2, 0.25) is 5.91 Å². The minimum absolute atomic E-state index is 0.0576. The first-order valence-corrected chi connectivity index (χ1v) is 9.97. The summed E-state index contributed by atoms with van der Waals surface area (Å²) >= 11 is 1.20. The Kier molecular flexibility index (Phi) is 5.66. The van der Waals surface area contributed by atoms with E-state index in [0.717, 1.165) is 19.3 Å². The Morgan fingerprint density at radius 1 is 1.22 bits per heavy atom. The van der Waals surface area contributed by atoms with Crippen LogP contribution in [-0.4, -0.2) is 22.5 Å². The van der Waals surface area contributed by atoms with E-state index in [1.54, 1.807) is 24.3 Å². The number of nitrogens with zero attached hydrogens (tertiary/aromatic N) is 2. The van der Waals surface area contributed by atoms with Crippen molar-refractivity contribution in [1.82, 2.24) is 0 Å². The van der Waals surface area contributed by atoms with Gasteiger partial charge in [0.1, 0.15) is 5.82 Å². The van der Waals surface area contributed by atoms with Gasteiger partial charge < -0.3 is 11.5 Å². The first-order valence-electron chi connectivity index (χ1n) is 8.99. The number of carbonyl (C=O) groups is 2. The molecule has 1 saturated carbocycles. The summed E-state index contributed by atoms with van der Waals surface area (Å²) in [5.74, 6) is -1.01. The monoisotopic (exact) mass is 382 g/mol. The van der Waals surface area contributed by atoms with Crippen LogP contribution in [0.4, 0.5) is 0 Å². The third-order valence-corrected chi connectivity index (χ3v) is 6.40. The van der Waals surface area contributed by atoms with Crippen LogP contribution < -0.4 is 11.5 Å². The van der Waals surface area contributed by atoms with E-state index in [1.165, 1.54) is 11.8 Å². The highest BCUT2D eigenvalue weighted by molar-refractivity contribution is 8.14. The summed E-state index contributed by atoms with van der Waals surface area (Å²) in [5, 5.41) is 10.1. The average Bonchev–Trinajstić information content (AvgIpc) is 2.67. The fourth-order valence-electron chi connectivity index (χ4n) is 4.12. The number of allylic oxidation sites excluding steroid dienone is 1. The van der Waals surface area contributed by atoms with Crippen molar-refractivity contribution in [3.63, 3.8) is 0 Å². The van der Waals surface area contributed by atoms with Crippen molar-refractivity contribution < 1.29 is 9.59 Å². The maximum atomic E-state index is 12.4. The van der Waals surface area contributed by atoms with Crippen LogP contribution in [0.25, 0.3) is 0 Å². The summed E-state index contributed by atoms with van der Waals surface area (Å²) in [7, 11) is 0. The molecule has 0 saturated heterocycles. The fraction of sp³-hybridized carbons (Fsp3) is 0.400. The second-order valence-corrected chi connectivity index (χ2v) is 7.95. The molecule has 0 bridgehead atoms. The molecule has 1 fully saturated rings. The Balaban J connectivity index is 1.91. The predicted molar refractivity (Wildman–Crippen MR) is 106 cm³/mol. The van der Waals surface area contributed by atoms with Gasteiger partial charge in [0.05, 0.1) is 28.4 Å². The number of aliphatic imine (C=N–C) groups is 1. The third kappa shape index (κ3) is 3.62. The van der Waals surface area contributed by atoms with Crippen molar-refractivity contribution in [3.05, 3.63) is 47.3 Å². The van der Waals surface area contributed by atoms with E-state index in [4.69, 9.17) is 11.5 Å². The molecule has 3 rings (SSSR count). The smallest absolute Gasteiger partial charge is 0.228 e. The normalized spacial score (nSPS) is 21.4. The molecule has 1 heterocycles. The lowest BCUT2D eigenvalue weighted by molar-refractivity contribution is -0.123. The van der Waals surface area contributed by atoms with Crippen molar-refractivity contribution in [2.45, 2.75) is 32.1 Å². The number of thioether (sulfide) groups is 1. The summed E-state index contributed by atoms with van der Waals surface area (Å²) in [6.45, 7) is 0. The molecule has 1 atom stereocenters. The highest BCUT2D eigenvalue weighted by Gasteiger charge is 2.51. The largest absolute Gasteiger partial charge is 0.383 e. The summed E-state index contributed by atoms with van der Waals surface area (Å²) < 4.78 is 0. The molecule has 1 spiro atoms. The Morgan fingerprint density at radius 2 is 1.89 bits per heavy atom. The molecule has 0 radical (unpaired) electrons. The zero-order valence-corrected chi connectivity index (χ0v) is 15.8. The van der Waals surface area contributed by atoms with Gasteiger partial charge in [-0.25, -0.2) is 4.99 Å². The van der Waals surface area contributed by atoms with Crippen LogP contribution in [0, 0.1) is 22.7 Å². The molecule has 7 heteroatoms. The van der Waals surface area contributed by atoms with Crippen LogP contribution in [0.15, 0.2) is 46.7 Å². The van der Waals surface area contributed by atoms with E-state index in [9.17, 15) is 14.9 Å². The van der Waals surface area contributed by atoms with Crippen LogP contribution in [0.2, 0.25) is 0 Å². The molecule has 1 aliphatic heterocycles. The summed E-state index contributed by atoms with van der Waals surface area (Å²) in [6, 6.07) is 11.1. The zero-order valence-electron chi connectivity index (χ0n) is 15.0. The zero-order chi connectivity index (χ0) is 19.4. The van der Waals surface area contributed by atoms with Gasteiger partial charge in [-0.1, -0.05) is 49.6 Å². The second kappa shape index (κ2) is 7.97. The number of ketones is 1. The maximum absolute atomic E-state index is 12.4. The lowest BCUT2D eigenvalue weighted by Gasteiger charge is -2.44. The number of nitrogens with two attached hydrogens (primary N) is 2. The topological polar surface area (TPSA) is 122 Å². The van der Waals surface area contributed by atoms with Crippen molar-refractivity contribution in [2.75, 3.05) is 5.75 Å². The van der Waals surface area contributed by atoms with Crippen molar-refractivity contribution in [2.24, 2.45) is 27.8 Å². The van der Waals surface area contributed by atoms with Crippen LogP contribution in [0.1, 0.15) is 42.5 Å². The van der Waals surface area contributed by atoms with E-state index in [2.05, 4.69) is 11.1 Å². The Morgan fingerprint density at radius 3 is 2.48 bits per heavy atom. The third-order valence-electron chi connectivity index (χ3n) is 5.37. The van der Waals surface area contributed by atoms with Gasteiger partial charge in [0.15, 0.2) is 5.78 Å². The maximum Gasteiger partial charge on any atom is 0.228 e. The quantitative estimate of drug-likeness (QED) is 0.775. The molecular weight excluding hydrogens is 360 g/mol. The van der Waals surface area contributed by atoms with Crippen molar-refractivity contribution in [1.29, 1.82) is 5.26 Å². The van der Waals surface area contributed by atoms with Crippen LogP contribution in [0.3, 0.4) is 0 Å². The Labute approximate surface area is 162 Å². The molecule has 2 aliphatic rings. The molecule has 0 aromatic heterocycles. The van der Waals surface area contributed by atoms with E-state index in [1.807, 2.05) is 6.07 Å². The molecule has 1 aromatic carbocycles. The van der Waals surface area contributed by atoms with Crippen LogP contribution in [0.5, 0.6) is 0 Å². The first-order chi connectivity index (χ1) is 13.0. The SMILES string of the molecule is N#CC1=C(N)N=C(SCC(=O)c2ccccc2)C(C(N)=O)C12CCCCC2. The summed E-state index contributed by atoms with van der Waals surface area (Å²) in [4.78, 5) is 29.2. The number of nitriles is 1. The highest BCUT2D eigenvalue weighted by atomic mass is 32.2. The lowest BCUT2D eigenvalue weighted by Crippen LogP contribution is -2.48. The molecule has 1 unspecified atom stereocenters. The number of hydrogen-bond acceptors (Lipinski definition) is 6. The van der Waals surface area contributed by atoms with Gasteiger partial charge in [-0.15, -0.1) is 11.8 Å². The number of primary amides is 1. The van der Waals surface area contributed by atoms with Gasteiger partial charge in [0.25, 0.3) is 0 Å². The molecule has 4 N–H and O–H groups in total. The minimum Gasteiger partial charge on any atom is -0.383 e. The highest BCUT2D eigenvalue weighted by Crippen LogP contribution is 2.52. The number of carbonyl (C=O) groups excluding carboxylic acids is 2. The van der Waals surface area contributed by atoms with Gasteiger partial charge in [0, 0.05) is 11.0 Å².